The van der Waals surface area contributed by atoms with Crippen molar-refractivity contribution in [2.75, 3.05) is 39.0 Å². The van der Waals surface area contributed by atoms with E-state index in [9.17, 15) is 4.79 Å². The third kappa shape index (κ3) is 5.89. The quantitative estimate of drug-likeness (QED) is 0.812. The first-order valence-corrected chi connectivity index (χ1v) is 7.45. The number of anilines is 1. The van der Waals surface area contributed by atoms with Gasteiger partial charge in [-0.2, -0.15) is 0 Å². The number of rotatable bonds is 7. The Kier molecular flexibility index (Phi) is 6.42. The van der Waals surface area contributed by atoms with Crippen LogP contribution in [0.4, 0.5) is 5.82 Å². The molecule has 0 aliphatic carbocycles. The Labute approximate surface area is 132 Å². The van der Waals surface area contributed by atoms with E-state index in [4.69, 9.17) is 11.6 Å². The Hall–Kier alpha value is -1.33. The maximum absolute atomic E-state index is 12.3. The SMILES string of the molecule is CCNc1cc(C(=O)NCC(C)(C)CN(C)C)c(Cl)cn1. The van der Waals surface area contributed by atoms with Gasteiger partial charge in [-0.3, -0.25) is 4.79 Å². The molecule has 0 aliphatic heterocycles. The Balaban J connectivity index is 2.73. The first-order valence-electron chi connectivity index (χ1n) is 7.07. The van der Waals surface area contributed by atoms with Crippen molar-refractivity contribution in [1.29, 1.82) is 0 Å². The van der Waals surface area contributed by atoms with Crippen molar-refractivity contribution in [3.05, 3.63) is 22.8 Å². The molecule has 1 aromatic rings. The van der Waals surface area contributed by atoms with Crippen molar-refractivity contribution in [3.63, 3.8) is 0 Å². The van der Waals surface area contributed by atoms with Crippen molar-refractivity contribution in [2.24, 2.45) is 5.41 Å². The molecule has 0 aliphatic rings. The van der Waals surface area contributed by atoms with Gasteiger partial charge in [0.25, 0.3) is 5.91 Å². The summed E-state index contributed by atoms with van der Waals surface area (Å²) in [5.41, 5.74) is 0.437. The lowest BCUT2D eigenvalue weighted by atomic mass is 9.93. The highest BCUT2D eigenvalue weighted by Gasteiger charge is 2.21. The summed E-state index contributed by atoms with van der Waals surface area (Å²) in [5.74, 6) is 0.480. The van der Waals surface area contributed by atoms with Crippen LogP contribution in [0.5, 0.6) is 0 Å². The molecule has 5 nitrogen and oxygen atoms in total. The standard InChI is InChI=1S/C15H25ClN4O/c1-6-17-13-7-11(12(16)8-18-13)14(21)19-9-15(2,3)10-20(4)5/h7-8H,6,9-10H2,1-5H3,(H,17,18)(H,19,21). The molecular formula is C15H25ClN4O. The van der Waals surface area contributed by atoms with Crippen molar-refractivity contribution in [2.45, 2.75) is 20.8 Å². The van der Waals surface area contributed by atoms with Gasteiger partial charge in [0, 0.05) is 25.8 Å². The van der Waals surface area contributed by atoms with Gasteiger partial charge >= 0.3 is 0 Å². The summed E-state index contributed by atoms with van der Waals surface area (Å²) >= 11 is 6.07. The summed E-state index contributed by atoms with van der Waals surface area (Å²) in [4.78, 5) is 18.5. The first-order chi connectivity index (χ1) is 9.75. The molecule has 1 rings (SSSR count). The molecule has 1 amide bonds. The van der Waals surface area contributed by atoms with Gasteiger partial charge in [0.15, 0.2) is 0 Å². The third-order valence-corrected chi connectivity index (χ3v) is 3.23. The van der Waals surface area contributed by atoms with E-state index < -0.39 is 0 Å². The van der Waals surface area contributed by atoms with E-state index in [1.165, 1.54) is 6.20 Å². The Morgan fingerprint density at radius 1 is 1.43 bits per heavy atom. The molecule has 0 unspecified atom stereocenters. The highest BCUT2D eigenvalue weighted by molar-refractivity contribution is 6.33. The monoisotopic (exact) mass is 312 g/mol. The second-order valence-corrected chi connectivity index (χ2v) is 6.57. The van der Waals surface area contributed by atoms with Gasteiger partial charge in [-0.1, -0.05) is 25.4 Å². The zero-order chi connectivity index (χ0) is 16.0. The molecule has 2 N–H and O–H groups in total. The van der Waals surface area contributed by atoms with Gasteiger partial charge in [0.1, 0.15) is 5.82 Å². The van der Waals surface area contributed by atoms with E-state index in [1.54, 1.807) is 6.07 Å². The molecule has 0 bridgehead atoms. The molecular weight excluding hydrogens is 288 g/mol. The number of carbonyl (C=O) groups excluding carboxylic acids is 1. The number of hydrogen-bond donors (Lipinski definition) is 2. The number of nitrogens with one attached hydrogen (secondary N) is 2. The fraction of sp³-hybridized carbons (Fsp3) is 0.600. The fourth-order valence-electron chi connectivity index (χ4n) is 2.22. The summed E-state index contributed by atoms with van der Waals surface area (Å²) in [6.07, 6.45) is 1.50. The van der Waals surface area contributed by atoms with Gasteiger partial charge in [-0.05, 0) is 32.5 Å². The minimum atomic E-state index is -0.173. The molecule has 0 spiro atoms. The van der Waals surface area contributed by atoms with E-state index in [2.05, 4.69) is 34.4 Å². The molecule has 0 aromatic carbocycles. The molecule has 0 saturated carbocycles. The molecule has 0 saturated heterocycles. The molecule has 1 heterocycles. The largest absolute Gasteiger partial charge is 0.370 e. The fourth-order valence-corrected chi connectivity index (χ4v) is 2.41. The number of nitrogens with zero attached hydrogens (tertiary/aromatic N) is 2. The lowest BCUT2D eigenvalue weighted by Crippen LogP contribution is -2.40. The maximum atomic E-state index is 12.3. The summed E-state index contributed by atoms with van der Waals surface area (Å²) in [5, 5.41) is 6.38. The summed E-state index contributed by atoms with van der Waals surface area (Å²) in [6, 6.07) is 1.68. The molecule has 0 radical (unpaired) electrons. The predicted molar refractivity (Wildman–Crippen MR) is 88.1 cm³/mol. The van der Waals surface area contributed by atoms with E-state index in [1.807, 2.05) is 21.0 Å². The number of halogens is 1. The lowest BCUT2D eigenvalue weighted by Gasteiger charge is -2.28. The summed E-state index contributed by atoms with van der Waals surface area (Å²) in [6.45, 7) is 8.42. The molecule has 1 aromatic heterocycles. The predicted octanol–water partition coefficient (Wildman–Crippen LogP) is 2.48. The molecule has 6 heteroatoms. The molecule has 118 valence electrons. The van der Waals surface area contributed by atoms with Crippen molar-refractivity contribution in [1.82, 2.24) is 15.2 Å². The van der Waals surface area contributed by atoms with Crippen LogP contribution in [0.15, 0.2) is 12.3 Å². The second-order valence-electron chi connectivity index (χ2n) is 6.16. The first kappa shape index (κ1) is 17.7. The van der Waals surface area contributed by atoms with Crippen LogP contribution < -0.4 is 10.6 Å². The van der Waals surface area contributed by atoms with Crippen molar-refractivity contribution in [3.8, 4) is 0 Å². The maximum Gasteiger partial charge on any atom is 0.253 e. The number of amides is 1. The van der Waals surface area contributed by atoms with Crippen molar-refractivity contribution < 1.29 is 4.79 Å². The van der Waals surface area contributed by atoms with Crippen molar-refractivity contribution >= 4 is 23.3 Å². The van der Waals surface area contributed by atoms with Crippen LogP contribution in [0, 0.1) is 5.41 Å². The third-order valence-electron chi connectivity index (χ3n) is 2.93. The van der Waals surface area contributed by atoms with Crippen LogP contribution >= 0.6 is 11.6 Å². The summed E-state index contributed by atoms with van der Waals surface area (Å²) < 4.78 is 0. The topological polar surface area (TPSA) is 57.3 Å². The summed E-state index contributed by atoms with van der Waals surface area (Å²) in [7, 11) is 4.04. The molecule has 0 fully saturated rings. The Morgan fingerprint density at radius 2 is 2.10 bits per heavy atom. The number of carbonyl (C=O) groups is 1. The Morgan fingerprint density at radius 3 is 2.67 bits per heavy atom. The zero-order valence-electron chi connectivity index (χ0n) is 13.5. The minimum Gasteiger partial charge on any atom is -0.370 e. The average Bonchev–Trinajstić information content (AvgIpc) is 2.37. The van der Waals surface area contributed by atoms with Gasteiger partial charge in [0.2, 0.25) is 0 Å². The van der Waals surface area contributed by atoms with Crippen LogP contribution in [-0.4, -0.2) is 49.5 Å². The van der Waals surface area contributed by atoms with Gasteiger partial charge in [-0.25, -0.2) is 4.98 Å². The lowest BCUT2D eigenvalue weighted by molar-refractivity contribution is 0.0929. The van der Waals surface area contributed by atoms with E-state index in [0.29, 0.717) is 22.9 Å². The van der Waals surface area contributed by atoms with Gasteiger partial charge in [0.05, 0.1) is 10.6 Å². The number of hydrogen-bond acceptors (Lipinski definition) is 4. The van der Waals surface area contributed by atoms with E-state index in [-0.39, 0.29) is 11.3 Å². The minimum absolute atomic E-state index is 0.0107. The van der Waals surface area contributed by atoms with Crippen LogP contribution in [0.2, 0.25) is 5.02 Å². The van der Waals surface area contributed by atoms with Crippen LogP contribution in [0.1, 0.15) is 31.1 Å². The normalized spacial score (nSPS) is 11.6. The number of pyridine rings is 1. The average molecular weight is 313 g/mol. The Bertz CT molecular complexity index is 489. The van der Waals surface area contributed by atoms with E-state index >= 15 is 0 Å². The van der Waals surface area contributed by atoms with Crippen LogP contribution in [0.3, 0.4) is 0 Å². The highest BCUT2D eigenvalue weighted by atomic mass is 35.5. The van der Waals surface area contributed by atoms with Gasteiger partial charge in [-0.15, -0.1) is 0 Å². The smallest absolute Gasteiger partial charge is 0.253 e. The highest BCUT2D eigenvalue weighted by Crippen LogP contribution is 2.19. The molecule has 21 heavy (non-hydrogen) atoms. The van der Waals surface area contributed by atoms with Crippen LogP contribution in [-0.2, 0) is 0 Å². The van der Waals surface area contributed by atoms with Crippen LogP contribution in [0.25, 0.3) is 0 Å². The van der Waals surface area contributed by atoms with E-state index in [0.717, 1.165) is 13.1 Å². The molecule has 0 atom stereocenters. The number of aromatic nitrogens is 1. The second kappa shape index (κ2) is 7.61. The van der Waals surface area contributed by atoms with Gasteiger partial charge < -0.3 is 15.5 Å². The zero-order valence-corrected chi connectivity index (χ0v) is 14.2.